The van der Waals surface area contributed by atoms with Gasteiger partial charge in [-0.1, -0.05) is 61.5 Å². The topological polar surface area (TPSA) is 58.6 Å². The molecule has 0 radical (unpaired) electrons. The quantitative estimate of drug-likeness (QED) is 0.404. The maximum atomic E-state index is 13.6. The third-order valence-electron chi connectivity index (χ3n) is 5.89. The fourth-order valence-electron chi connectivity index (χ4n) is 4.15. The molecular formula is C25H30Cl2N2O3. The summed E-state index contributed by atoms with van der Waals surface area (Å²) in [5.41, 5.74) is 1.58. The fraction of sp³-hybridized carbons (Fsp3) is 0.440. The summed E-state index contributed by atoms with van der Waals surface area (Å²) in [7, 11) is 1.60. The van der Waals surface area contributed by atoms with Gasteiger partial charge in [0, 0.05) is 17.6 Å². The summed E-state index contributed by atoms with van der Waals surface area (Å²) in [5.74, 6) is 0.0192. The molecule has 0 unspecified atom stereocenters. The molecule has 1 fully saturated rings. The molecule has 0 spiro atoms. The van der Waals surface area contributed by atoms with Gasteiger partial charge in [0.1, 0.15) is 17.7 Å². The Bertz CT molecular complexity index is 879. The smallest absolute Gasteiger partial charge is 0.247 e. The van der Waals surface area contributed by atoms with Crippen molar-refractivity contribution in [3.05, 3.63) is 64.7 Å². The highest BCUT2D eigenvalue weighted by atomic mass is 35.5. The van der Waals surface area contributed by atoms with Gasteiger partial charge in [0.05, 0.1) is 7.11 Å². The number of alkyl halides is 1. The average molecular weight is 477 g/mol. The number of halogens is 2. The van der Waals surface area contributed by atoms with Crippen LogP contribution in [-0.4, -0.2) is 35.7 Å². The number of nitrogens with zero attached hydrogens (tertiary/aromatic N) is 1. The van der Waals surface area contributed by atoms with Crippen LogP contribution in [0.15, 0.2) is 48.5 Å². The molecule has 2 amide bonds. The van der Waals surface area contributed by atoms with Crippen molar-refractivity contribution in [1.82, 2.24) is 10.2 Å². The predicted molar refractivity (Wildman–Crippen MR) is 128 cm³/mol. The number of methoxy groups -OCH3 is 1. The molecule has 2 aromatic carbocycles. The highest BCUT2D eigenvalue weighted by Gasteiger charge is 2.32. The van der Waals surface area contributed by atoms with E-state index in [1.165, 1.54) is 12.8 Å². The Morgan fingerprint density at radius 1 is 1.03 bits per heavy atom. The first-order valence-electron chi connectivity index (χ1n) is 11.1. The van der Waals surface area contributed by atoms with E-state index in [4.69, 9.17) is 27.9 Å². The van der Waals surface area contributed by atoms with Crippen molar-refractivity contribution in [1.29, 1.82) is 0 Å². The molecule has 3 rings (SSSR count). The highest BCUT2D eigenvalue weighted by molar-refractivity contribution is 6.30. The maximum Gasteiger partial charge on any atom is 0.247 e. The molecule has 1 saturated carbocycles. The summed E-state index contributed by atoms with van der Waals surface area (Å²) in [6.07, 6.45) is 6.52. The molecule has 1 aliphatic rings. The van der Waals surface area contributed by atoms with Crippen LogP contribution in [0.2, 0.25) is 5.02 Å². The Kier molecular flexibility index (Phi) is 9.24. The van der Waals surface area contributed by atoms with E-state index < -0.39 is 6.04 Å². The Hall–Kier alpha value is -2.24. The molecule has 2 aromatic rings. The van der Waals surface area contributed by atoms with Crippen LogP contribution in [0, 0.1) is 0 Å². The SMILES string of the molecule is COc1ccc(CN(C(=O)CCl)[C@@H](C(=O)NC2CCCCCC2)c2ccc(Cl)cc2)cc1. The van der Waals surface area contributed by atoms with Crippen LogP contribution in [-0.2, 0) is 16.1 Å². The van der Waals surface area contributed by atoms with E-state index in [1.54, 1.807) is 36.3 Å². The number of carbonyl (C=O) groups excluding carboxylic acids is 2. The molecule has 0 aliphatic heterocycles. The van der Waals surface area contributed by atoms with E-state index in [-0.39, 0.29) is 30.3 Å². The van der Waals surface area contributed by atoms with Crippen LogP contribution in [0.5, 0.6) is 5.75 Å². The lowest BCUT2D eigenvalue weighted by Gasteiger charge is -2.32. The second-order valence-corrected chi connectivity index (χ2v) is 8.86. The Morgan fingerprint density at radius 2 is 1.66 bits per heavy atom. The molecule has 172 valence electrons. The number of amides is 2. The molecule has 0 saturated heterocycles. The molecule has 0 heterocycles. The van der Waals surface area contributed by atoms with Crippen molar-refractivity contribution < 1.29 is 14.3 Å². The van der Waals surface area contributed by atoms with Crippen LogP contribution in [0.3, 0.4) is 0 Å². The third-order valence-corrected chi connectivity index (χ3v) is 6.37. The standard InChI is InChI=1S/C25H30Cl2N2O3/c1-32-22-14-8-18(9-15-22)17-29(23(30)16-26)24(19-10-12-20(27)13-11-19)25(31)28-21-6-4-2-3-5-7-21/h8-15,21,24H,2-7,16-17H2,1H3,(H,28,31)/t24-/m1/s1. The summed E-state index contributed by atoms with van der Waals surface area (Å²) in [6, 6.07) is 13.8. The van der Waals surface area contributed by atoms with Crippen molar-refractivity contribution >= 4 is 35.0 Å². The number of benzene rings is 2. The minimum absolute atomic E-state index is 0.119. The van der Waals surface area contributed by atoms with Gasteiger partial charge in [0.25, 0.3) is 0 Å². The van der Waals surface area contributed by atoms with E-state index in [0.717, 1.165) is 37.0 Å². The number of hydrogen-bond donors (Lipinski definition) is 1. The minimum Gasteiger partial charge on any atom is -0.497 e. The summed E-state index contributed by atoms with van der Waals surface area (Å²) in [4.78, 5) is 28.0. The Balaban J connectivity index is 1.91. The first kappa shape index (κ1) is 24.4. The lowest BCUT2D eigenvalue weighted by molar-refractivity contribution is -0.140. The number of nitrogens with one attached hydrogen (secondary N) is 1. The van der Waals surface area contributed by atoms with Crippen molar-refractivity contribution in [2.45, 2.75) is 57.2 Å². The van der Waals surface area contributed by atoms with Gasteiger partial charge in [0.15, 0.2) is 0 Å². The van der Waals surface area contributed by atoms with Gasteiger partial charge >= 0.3 is 0 Å². The van der Waals surface area contributed by atoms with Crippen LogP contribution in [0.1, 0.15) is 55.7 Å². The van der Waals surface area contributed by atoms with Gasteiger partial charge in [0.2, 0.25) is 11.8 Å². The molecule has 0 bridgehead atoms. The molecule has 0 aromatic heterocycles. The molecule has 7 heteroatoms. The van der Waals surface area contributed by atoms with Crippen LogP contribution >= 0.6 is 23.2 Å². The van der Waals surface area contributed by atoms with Crippen LogP contribution in [0.4, 0.5) is 0 Å². The first-order chi connectivity index (χ1) is 15.5. The van der Waals surface area contributed by atoms with Crippen LogP contribution in [0.25, 0.3) is 0 Å². The van der Waals surface area contributed by atoms with Gasteiger partial charge < -0.3 is 15.0 Å². The molecular weight excluding hydrogens is 447 g/mol. The third kappa shape index (κ3) is 6.63. The number of rotatable bonds is 8. The van der Waals surface area contributed by atoms with Gasteiger partial charge in [-0.2, -0.15) is 0 Å². The average Bonchev–Trinajstić information content (AvgIpc) is 3.08. The van der Waals surface area contributed by atoms with Crippen molar-refractivity contribution in [2.24, 2.45) is 0 Å². The summed E-state index contributed by atoms with van der Waals surface area (Å²) < 4.78 is 5.23. The molecule has 5 nitrogen and oxygen atoms in total. The molecule has 1 atom stereocenters. The normalized spacial score (nSPS) is 15.5. The lowest BCUT2D eigenvalue weighted by atomic mass is 10.0. The zero-order valence-electron chi connectivity index (χ0n) is 18.4. The fourth-order valence-corrected chi connectivity index (χ4v) is 4.43. The molecule has 1 aliphatic carbocycles. The second kappa shape index (κ2) is 12.1. The Labute approximate surface area is 200 Å². The summed E-state index contributed by atoms with van der Waals surface area (Å²) in [6.45, 7) is 0.251. The first-order valence-corrected chi connectivity index (χ1v) is 12.0. The zero-order valence-corrected chi connectivity index (χ0v) is 19.9. The summed E-state index contributed by atoms with van der Waals surface area (Å²) in [5, 5.41) is 3.78. The van der Waals surface area contributed by atoms with Crippen LogP contribution < -0.4 is 10.1 Å². The van der Waals surface area contributed by atoms with Gasteiger partial charge in [-0.05, 0) is 48.2 Å². The highest BCUT2D eigenvalue weighted by Crippen LogP contribution is 2.27. The van der Waals surface area contributed by atoms with E-state index in [0.29, 0.717) is 10.6 Å². The Morgan fingerprint density at radius 3 is 2.22 bits per heavy atom. The molecule has 32 heavy (non-hydrogen) atoms. The van der Waals surface area contributed by atoms with Gasteiger partial charge in [-0.15, -0.1) is 11.6 Å². The largest absolute Gasteiger partial charge is 0.497 e. The lowest BCUT2D eigenvalue weighted by Crippen LogP contribution is -2.46. The van der Waals surface area contributed by atoms with Crippen molar-refractivity contribution in [3.8, 4) is 5.75 Å². The van der Waals surface area contributed by atoms with E-state index in [2.05, 4.69) is 5.32 Å². The summed E-state index contributed by atoms with van der Waals surface area (Å²) >= 11 is 12.1. The molecule has 1 N–H and O–H groups in total. The number of ether oxygens (including phenoxy) is 1. The van der Waals surface area contributed by atoms with Crippen molar-refractivity contribution in [3.63, 3.8) is 0 Å². The van der Waals surface area contributed by atoms with E-state index in [9.17, 15) is 9.59 Å². The maximum absolute atomic E-state index is 13.6. The minimum atomic E-state index is -0.802. The van der Waals surface area contributed by atoms with Gasteiger partial charge in [-0.3, -0.25) is 9.59 Å². The van der Waals surface area contributed by atoms with E-state index in [1.807, 2.05) is 24.3 Å². The second-order valence-electron chi connectivity index (χ2n) is 8.15. The monoisotopic (exact) mass is 476 g/mol. The van der Waals surface area contributed by atoms with Crippen molar-refractivity contribution in [2.75, 3.05) is 13.0 Å². The van der Waals surface area contributed by atoms with E-state index >= 15 is 0 Å². The predicted octanol–water partition coefficient (Wildman–Crippen LogP) is 5.50. The number of carbonyl (C=O) groups is 2. The number of hydrogen-bond acceptors (Lipinski definition) is 3. The van der Waals surface area contributed by atoms with Gasteiger partial charge in [-0.25, -0.2) is 0 Å². The zero-order chi connectivity index (χ0) is 22.9.